The number of methoxy groups -OCH3 is 1. The van der Waals surface area contributed by atoms with Crippen molar-refractivity contribution in [2.45, 2.75) is 201 Å². The number of piperidine rings is 1. The summed E-state index contributed by atoms with van der Waals surface area (Å²) in [4.78, 5) is 111. The van der Waals surface area contributed by atoms with Gasteiger partial charge in [0.25, 0.3) is 17.7 Å². The predicted molar refractivity (Wildman–Crippen MR) is 524 cm³/mol. The third kappa shape index (κ3) is 20.7. The number of esters is 1. The molecule has 0 saturated carbocycles. The molecule has 1 unspecified atom stereocenters. The summed E-state index contributed by atoms with van der Waals surface area (Å²) >= 11 is 11.0. The van der Waals surface area contributed by atoms with Crippen LogP contribution in [0.5, 0.6) is 0 Å². The zero-order valence-electron chi connectivity index (χ0n) is 75.8. The first-order valence-electron chi connectivity index (χ1n) is 45.3. The van der Waals surface area contributed by atoms with Gasteiger partial charge < -0.3 is 65.2 Å². The summed E-state index contributed by atoms with van der Waals surface area (Å²) < 4.78 is 18.8. The van der Waals surface area contributed by atoms with Crippen molar-refractivity contribution < 1.29 is 48.1 Å². The number of carbonyl (C=O) groups excluding carboxylic acids is 6. The molecule has 27 nitrogen and oxygen atoms in total. The van der Waals surface area contributed by atoms with E-state index in [1.165, 1.54) is 85.1 Å². The van der Waals surface area contributed by atoms with Gasteiger partial charge in [0.2, 0.25) is 0 Å². The molecule has 2 fully saturated rings. The molecular weight excluding hydrogens is 1820 g/mol. The molecule has 2 atom stereocenters. The molecule has 21 rings (SSSR count). The first kappa shape index (κ1) is 92.4. The van der Waals surface area contributed by atoms with Gasteiger partial charge in [0.1, 0.15) is 19.6 Å². The number of H-pyrrole nitrogens is 1. The average Bonchev–Trinajstić information content (AvgIpc) is 1.64. The Morgan fingerprint density at radius 2 is 1.24 bits per heavy atom. The standard InChI is InChI=1S/C24H29N5O3S.C22H23N5OS.C18H19BrN2OS.C18H20N4O2S.C16H21NO3S/c1-24(2)10-19-21(22(31)27-24)33-23(26-19)29-8-4-5-15-6-7-16(9-20(15)29)17-11-25-28(12-17)13-18(30)14-32-3;1-13-6-9-16(26-25-13)15-8-7-14-5-4-10-27(18(14)11-15)21-23-17-12-22(2,3)24-20(28)19(17)29-21;1-18(2)9-13-16(15(22)10-18)23-17(20-13)21-7-3-4-11-5-6-12(19)8-14(11)21;1-11-16(17(19)23)25-18(21-11)22-6-7-24-10-13(22)8-12-9-20-15-5-3-2-4-14(12)15;1-2-20-16(19)13-11-7-6-8-12(18)14(11)21-15(13)17-9-4-3-5-10-17/h6-7,9,11-12,18,30H,4-5,8,10,13-14H2,1-3H3,(H,27,31);6-9,11H,4-5,10,12H2,1-3H3,(H,24,28);5-6,8H,3-4,7,9-10H2,1-2H3;2-5,9,13,20H,6-8,10H2,1H3,(H2,19,23);2-10H2,1H3/t;;;13-;/m...0./s1. The molecule has 0 radical (unpaired) electrons. The Morgan fingerprint density at radius 3 is 1.85 bits per heavy atom. The van der Waals surface area contributed by atoms with E-state index < -0.39 is 12.0 Å². The lowest BCUT2D eigenvalue weighted by Crippen LogP contribution is -2.48. The number of aromatic amines is 1. The molecule has 7 aliphatic heterocycles. The van der Waals surface area contributed by atoms with Gasteiger partial charge in [-0.2, -0.15) is 15.3 Å². The predicted octanol–water partition coefficient (Wildman–Crippen LogP) is 18.3. The number of nitrogens with one attached hydrogen (secondary N) is 3. The Morgan fingerprint density at radius 1 is 0.626 bits per heavy atom. The van der Waals surface area contributed by atoms with Crippen LogP contribution < -0.4 is 40.9 Å². The summed E-state index contributed by atoms with van der Waals surface area (Å²) in [6.07, 6.45) is 21.3. The van der Waals surface area contributed by atoms with Crippen molar-refractivity contribution in [2.75, 3.05) is 97.3 Å². The summed E-state index contributed by atoms with van der Waals surface area (Å²) in [7, 11) is 1.57. The molecule has 4 aromatic carbocycles. The molecule has 6 N–H and O–H groups in total. The maximum Gasteiger partial charge on any atom is 0.341 e. The summed E-state index contributed by atoms with van der Waals surface area (Å²) in [6, 6.07) is 31.9. The van der Waals surface area contributed by atoms with Crippen molar-refractivity contribution >= 4 is 161 Å². The fraction of sp³-hybridized carbons (Fsp3) is 0.439. The zero-order valence-corrected chi connectivity index (χ0v) is 81.4. The van der Waals surface area contributed by atoms with Crippen LogP contribution in [0.3, 0.4) is 0 Å². The lowest BCUT2D eigenvalue weighted by molar-refractivity contribution is 0.0513. The number of para-hydroxylation sites is 1. The summed E-state index contributed by atoms with van der Waals surface area (Å²) in [5.74, 6) is -0.269. The lowest BCUT2D eigenvalue weighted by atomic mass is 9.78. The molecule has 131 heavy (non-hydrogen) atoms. The number of benzene rings is 4. The van der Waals surface area contributed by atoms with Gasteiger partial charge in [0, 0.05) is 139 Å². The Kier molecular flexibility index (Phi) is 27.8. The van der Waals surface area contributed by atoms with Gasteiger partial charge in [0.05, 0.1) is 101 Å². The van der Waals surface area contributed by atoms with Crippen molar-refractivity contribution in [3.8, 4) is 22.4 Å². The molecule has 9 aliphatic rings. The number of hydrogen-bond donors (Lipinski definition) is 5. The van der Waals surface area contributed by atoms with Crippen molar-refractivity contribution in [3.05, 3.63) is 200 Å². The molecule has 686 valence electrons. The molecular formula is C98H112BrN17O10S5. The van der Waals surface area contributed by atoms with E-state index in [1.807, 2.05) is 79.1 Å². The number of morpholine rings is 1. The fourth-order valence-corrected chi connectivity index (χ4v) is 24.6. The van der Waals surface area contributed by atoms with Crippen LogP contribution in [0, 0.1) is 19.3 Å². The molecule has 8 aromatic heterocycles. The number of aromatic nitrogens is 9. The first-order valence-corrected chi connectivity index (χ1v) is 50.2. The second-order valence-corrected chi connectivity index (χ2v) is 42.9. The van der Waals surface area contributed by atoms with E-state index in [2.05, 4.69) is 169 Å². The number of anilines is 8. The van der Waals surface area contributed by atoms with Crippen LogP contribution in [-0.2, 0) is 72.1 Å². The number of halogens is 1. The molecule has 2 aliphatic carbocycles. The first-order chi connectivity index (χ1) is 63.0. The monoisotopic (exact) mass is 1930 g/mol. The van der Waals surface area contributed by atoms with Gasteiger partial charge in [0.15, 0.2) is 32.1 Å². The normalized spacial score (nSPS) is 18.2. The van der Waals surface area contributed by atoms with Crippen molar-refractivity contribution in [2.24, 2.45) is 11.1 Å². The Labute approximate surface area is 791 Å². The van der Waals surface area contributed by atoms with Crippen LogP contribution in [0.4, 0.5) is 42.6 Å². The number of ether oxygens (including phenoxy) is 3. The van der Waals surface area contributed by atoms with E-state index in [0.29, 0.717) is 55.3 Å². The number of nitrogens with two attached hydrogens (primary N) is 1. The average molecular weight is 1930 g/mol. The summed E-state index contributed by atoms with van der Waals surface area (Å²) in [6.45, 7) is 25.8. The fourth-order valence-electron chi connectivity index (χ4n) is 18.8. The van der Waals surface area contributed by atoms with Gasteiger partial charge in [-0.05, 0) is 213 Å². The highest BCUT2D eigenvalue weighted by Crippen LogP contribution is 2.48. The Bertz CT molecular complexity index is 6270. The number of aryl methyl sites for hydroxylation is 5. The quantitative estimate of drug-likeness (QED) is 0.0561. The van der Waals surface area contributed by atoms with Crippen LogP contribution in [-0.4, -0.2) is 181 Å². The van der Waals surface area contributed by atoms with Crippen LogP contribution in [0.1, 0.15) is 221 Å². The number of hydrogen-bond acceptors (Lipinski definition) is 27. The number of primary amides is 1. The number of carbonyl (C=O) groups is 6. The number of ketones is 2. The van der Waals surface area contributed by atoms with Gasteiger partial charge in [-0.3, -0.25) is 28.7 Å². The molecule has 0 spiro atoms. The van der Waals surface area contributed by atoms with E-state index in [1.54, 1.807) is 23.1 Å². The summed E-state index contributed by atoms with van der Waals surface area (Å²) in [5, 5.41) is 34.9. The number of nitrogens with zero attached hydrogens (tertiary/aromatic N) is 13. The maximum atomic E-state index is 12.6. The number of thiazole rings is 4. The second kappa shape index (κ2) is 39.4. The highest BCUT2D eigenvalue weighted by Gasteiger charge is 2.40. The van der Waals surface area contributed by atoms with Gasteiger partial charge in [-0.25, -0.2) is 24.7 Å². The van der Waals surface area contributed by atoms with E-state index in [4.69, 9.17) is 34.9 Å². The topological polar surface area (TPSA) is 328 Å². The SMILES string of the molecule is CC1(C)CC(=O)c2sc(N3CCCc4ccc(Br)cc43)nc2C1.CCOC(=O)c1c(N2CCCCC2)sc2c1CCCC2=O.COCC(O)Cn1cc(-c2ccc3c(c2)N(c2nc4c(s2)C(=O)NC(C)(C)C4)CCC3)cn1.Cc1ccc(-c2ccc3c(c2)N(c2nc4c(s2)C(=O)NC(C)(C)C4)CCC3)nn1.Cc1nc(N2CCOC[C@@H]2Cc2c[nH]c3ccccc23)sc1C(N)=O. The molecule has 15 heterocycles. The van der Waals surface area contributed by atoms with Crippen molar-refractivity contribution in [3.63, 3.8) is 0 Å². The van der Waals surface area contributed by atoms with Gasteiger partial charge in [-0.15, -0.1) is 11.3 Å². The highest BCUT2D eigenvalue weighted by molar-refractivity contribution is 9.10. The van der Waals surface area contributed by atoms with Crippen LogP contribution in [0.25, 0.3) is 33.3 Å². The number of thiophene rings is 1. The Hall–Kier alpha value is -10.5. The highest BCUT2D eigenvalue weighted by atomic mass is 79.9. The minimum Gasteiger partial charge on any atom is -0.462 e. The summed E-state index contributed by atoms with van der Waals surface area (Å²) in [5.41, 5.74) is 24.8. The number of amides is 3. The van der Waals surface area contributed by atoms with Crippen LogP contribution in [0.15, 0.2) is 114 Å². The molecule has 33 heteroatoms. The van der Waals surface area contributed by atoms with Crippen LogP contribution in [0.2, 0.25) is 0 Å². The number of rotatable bonds is 16. The number of aliphatic hydroxyl groups excluding tert-OH is 1. The maximum absolute atomic E-state index is 12.6. The number of aliphatic hydroxyl groups is 1. The van der Waals surface area contributed by atoms with E-state index >= 15 is 0 Å². The van der Waals surface area contributed by atoms with Crippen molar-refractivity contribution in [1.82, 2.24) is 55.5 Å². The van der Waals surface area contributed by atoms with Crippen molar-refractivity contribution in [1.29, 1.82) is 0 Å². The largest absolute Gasteiger partial charge is 0.462 e. The van der Waals surface area contributed by atoms with E-state index in [0.717, 1.165) is 246 Å². The number of fused-ring (bicyclic) bond motifs is 8. The Balaban J connectivity index is 0.000000116. The second-order valence-electron chi connectivity index (χ2n) is 37.0. The van der Waals surface area contributed by atoms with E-state index in [9.17, 15) is 33.9 Å². The molecule has 3 amide bonds. The molecule has 12 aromatic rings. The minimum atomic E-state index is -0.597. The molecule has 0 bridgehead atoms. The third-order valence-electron chi connectivity index (χ3n) is 25.0. The minimum absolute atomic E-state index is 0.0130. The van der Waals surface area contributed by atoms with Gasteiger partial charge in [-0.1, -0.05) is 124 Å². The molecule has 2 saturated heterocycles. The van der Waals surface area contributed by atoms with E-state index in [-0.39, 0.29) is 58.5 Å². The van der Waals surface area contributed by atoms with Gasteiger partial charge >= 0.3 is 5.97 Å². The van der Waals surface area contributed by atoms with Crippen LogP contribution >= 0.6 is 72.6 Å². The number of Topliss-reactive ketones (excluding diaryl/α,β-unsaturated/α-hetero) is 2. The zero-order chi connectivity index (χ0) is 91.7. The lowest BCUT2D eigenvalue weighted by Gasteiger charge is -2.35. The smallest absolute Gasteiger partial charge is 0.341 e. The third-order valence-corrected chi connectivity index (χ3v) is 31.5.